The fourth-order valence-corrected chi connectivity index (χ4v) is 1.56. The highest BCUT2D eigenvalue weighted by Gasteiger charge is 2.14. The fourth-order valence-electron chi connectivity index (χ4n) is 1.56. The standard InChI is InChI=1S/C10H14N6O/c1-15-7(3-4-13-15)5-12-10(17)9-8(11)6-14-16(9)2/h3-4,6H,5,11H2,1-2H3,(H,12,17). The van der Waals surface area contributed by atoms with Crippen LogP contribution in [-0.2, 0) is 20.6 Å². The summed E-state index contributed by atoms with van der Waals surface area (Å²) in [7, 11) is 3.50. The van der Waals surface area contributed by atoms with Gasteiger partial charge >= 0.3 is 0 Å². The van der Waals surface area contributed by atoms with Crippen LogP contribution in [0.4, 0.5) is 5.69 Å². The highest BCUT2D eigenvalue weighted by molar-refractivity contribution is 5.97. The first-order valence-corrected chi connectivity index (χ1v) is 5.12. The number of carbonyl (C=O) groups is 1. The lowest BCUT2D eigenvalue weighted by atomic mass is 10.3. The van der Waals surface area contributed by atoms with Crippen molar-refractivity contribution in [2.24, 2.45) is 14.1 Å². The van der Waals surface area contributed by atoms with Crippen molar-refractivity contribution in [1.82, 2.24) is 24.9 Å². The van der Waals surface area contributed by atoms with Crippen molar-refractivity contribution in [1.29, 1.82) is 0 Å². The number of amides is 1. The molecule has 17 heavy (non-hydrogen) atoms. The van der Waals surface area contributed by atoms with Crippen LogP contribution in [0.25, 0.3) is 0 Å². The predicted molar refractivity (Wildman–Crippen MR) is 62.0 cm³/mol. The van der Waals surface area contributed by atoms with E-state index in [0.29, 0.717) is 17.9 Å². The van der Waals surface area contributed by atoms with Crippen molar-refractivity contribution in [3.63, 3.8) is 0 Å². The molecule has 0 atom stereocenters. The van der Waals surface area contributed by atoms with Crippen LogP contribution in [0.1, 0.15) is 16.2 Å². The van der Waals surface area contributed by atoms with Gasteiger partial charge in [-0.15, -0.1) is 0 Å². The molecule has 2 aromatic heterocycles. The molecule has 2 rings (SSSR count). The van der Waals surface area contributed by atoms with Crippen LogP contribution in [0.15, 0.2) is 18.5 Å². The lowest BCUT2D eigenvalue weighted by molar-refractivity contribution is 0.0941. The van der Waals surface area contributed by atoms with E-state index in [9.17, 15) is 4.79 Å². The molecule has 0 fully saturated rings. The van der Waals surface area contributed by atoms with Crippen LogP contribution in [0.5, 0.6) is 0 Å². The van der Waals surface area contributed by atoms with Crippen molar-refractivity contribution < 1.29 is 4.79 Å². The van der Waals surface area contributed by atoms with Crippen molar-refractivity contribution >= 4 is 11.6 Å². The summed E-state index contributed by atoms with van der Waals surface area (Å²) in [5.41, 5.74) is 7.31. The quantitative estimate of drug-likeness (QED) is 0.760. The van der Waals surface area contributed by atoms with Gasteiger partial charge in [-0.05, 0) is 6.07 Å². The summed E-state index contributed by atoms with van der Waals surface area (Å²) in [6, 6.07) is 1.84. The molecule has 1 amide bonds. The van der Waals surface area contributed by atoms with E-state index in [0.717, 1.165) is 5.69 Å². The first kappa shape index (κ1) is 11.2. The topological polar surface area (TPSA) is 90.8 Å². The number of anilines is 1. The van der Waals surface area contributed by atoms with Gasteiger partial charge in [-0.1, -0.05) is 0 Å². The van der Waals surface area contributed by atoms with Crippen molar-refractivity contribution in [3.8, 4) is 0 Å². The number of carbonyl (C=O) groups excluding carboxylic acids is 1. The highest BCUT2D eigenvalue weighted by Crippen LogP contribution is 2.09. The third kappa shape index (κ3) is 2.12. The normalized spacial score (nSPS) is 10.5. The van der Waals surface area contributed by atoms with Crippen LogP contribution >= 0.6 is 0 Å². The third-order valence-electron chi connectivity index (χ3n) is 2.53. The molecule has 0 radical (unpaired) electrons. The average Bonchev–Trinajstić information content (AvgIpc) is 2.83. The number of nitrogens with two attached hydrogens (primary N) is 1. The second-order valence-electron chi connectivity index (χ2n) is 3.70. The van der Waals surface area contributed by atoms with E-state index in [2.05, 4.69) is 15.5 Å². The minimum absolute atomic E-state index is 0.247. The molecule has 3 N–H and O–H groups in total. The molecule has 0 saturated carbocycles. The maximum Gasteiger partial charge on any atom is 0.272 e. The highest BCUT2D eigenvalue weighted by atomic mass is 16.2. The van der Waals surface area contributed by atoms with Gasteiger partial charge in [0.25, 0.3) is 5.91 Å². The average molecular weight is 234 g/mol. The van der Waals surface area contributed by atoms with E-state index in [-0.39, 0.29) is 5.91 Å². The lowest BCUT2D eigenvalue weighted by Crippen LogP contribution is -2.26. The number of nitrogens with zero attached hydrogens (tertiary/aromatic N) is 4. The van der Waals surface area contributed by atoms with Crippen molar-refractivity contribution in [2.45, 2.75) is 6.54 Å². The monoisotopic (exact) mass is 234 g/mol. The number of aromatic nitrogens is 4. The van der Waals surface area contributed by atoms with Crippen LogP contribution in [0.3, 0.4) is 0 Å². The summed E-state index contributed by atoms with van der Waals surface area (Å²) in [5.74, 6) is -0.247. The predicted octanol–water partition coefficient (Wildman–Crippen LogP) is -0.334. The number of nitrogen functional groups attached to an aromatic ring is 1. The third-order valence-corrected chi connectivity index (χ3v) is 2.53. The fraction of sp³-hybridized carbons (Fsp3) is 0.300. The van der Waals surface area contributed by atoms with Gasteiger partial charge < -0.3 is 11.1 Å². The molecular weight excluding hydrogens is 220 g/mol. The Hall–Kier alpha value is -2.31. The molecule has 7 heteroatoms. The summed E-state index contributed by atoms with van der Waals surface area (Å²) in [6.07, 6.45) is 3.14. The van der Waals surface area contributed by atoms with Gasteiger partial charge in [0.2, 0.25) is 0 Å². The lowest BCUT2D eigenvalue weighted by Gasteiger charge is -2.06. The molecule has 0 spiro atoms. The van der Waals surface area contributed by atoms with E-state index in [1.165, 1.54) is 10.9 Å². The molecular formula is C10H14N6O. The Kier molecular flexibility index (Phi) is 2.82. The molecule has 0 aromatic carbocycles. The van der Waals surface area contributed by atoms with E-state index in [1.54, 1.807) is 17.9 Å². The van der Waals surface area contributed by atoms with Gasteiger partial charge in [-0.3, -0.25) is 14.2 Å². The minimum Gasteiger partial charge on any atom is -0.396 e. The Bertz CT molecular complexity index is 521. The zero-order chi connectivity index (χ0) is 12.4. The number of rotatable bonds is 3. The summed E-state index contributed by atoms with van der Waals surface area (Å²) >= 11 is 0. The summed E-state index contributed by atoms with van der Waals surface area (Å²) < 4.78 is 3.15. The van der Waals surface area contributed by atoms with Crippen LogP contribution in [-0.4, -0.2) is 25.5 Å². The van der Waals surface area contributed by atoms with Gasteiger partial charge in [0, 0.05) is 20.3 Å². The molecule has 2 heterocycles. The van der Waals surface area contributed by atoms with E-state index < -0.39 is 0 Å². The molecule has 0 aliphatic carbocycles. The second kappa shape index (κ2) is 4.28. The van der Waals surface area contributed by atoms with E-state index >= 15 is 0 Å². The first-order chi connectivity index (χ1) is 8.09. The molecule has 0 saturated heterocycles. The number of nitrogens with one attached hydrogen (secondary N) is 1. The Morgan fingerprint density at radius 1 is 1.41 bits per heavy atom. The zero-order valence-electron chi connectivity index (χ0n) is 9.71. The van der Waals surface area contributed by atoms with Crippen molar-refractivity contribution in [3.05, 3.63) is 29.8 Å². The molecule has 90 valence electrons. The Morgan fingerprint density at radius 3 is 2.71 bits per heavy atom. The van der Waals surface area contributed by atoms with Crippen LogP contribution in [0, 0.1) is 0 Å². The minimum atomic E-state index is -0.247. The second-order valence-corrected chi connectivity index (χ2v) is 3.70. The molecule has 0 bridgehead atoms. The van der Waals surface area contributed by atoms with Gasteiger partial charge in [0.15, 0.2) is 0 Å². The molecule has 7 nitrogen and oxygen atoms in total. The number of hydrogen-bond donors (Lipinski definition) is 2. The summed E-state index contributed by atoms with van der Waals surface area (Å²) in [4.78, 5) is 11.9. The van der Waals surface area contributed by atoms with Crippen LogP contribution in [0.2, 0.25) is 0 Å². The Labute approximate surface area is 98.2 Å². The number of aryl methyl sites for hydroxylation is 2. The van der Waals surface area contributed by atoms with Gasteiger partial charge in [0.1, 0.15) is 5.69 Å². The smallest absolute Gasteiger partial charge is 0.272 e. The molecule has 0 aliphatic heterocycles. The summed E-state index contributed by atoms with van der Waals surface area (Å²) in [6.45, 7) is 0.403. The maximum atomic E-state index is 11.9. The Balaban J connectivity index is 2.06. The number of hydrogen-bond acceptors (Lipinski definition) is 4. The van der Waals surface area contributed by atoms with Crippen molar-refractivity contribution in [2.75, 3.05) is 5.73 Å². The van der Waals surface area contributed by atoms with Gasteiger partial charge in [0.05, 0.1) is 24.1 Å². The zero-order valence-corrected chi connectivity index (χ0v) is 9.71. The molecule has 0 aliphatic rings. The summed E-state index contributed by atoms with van der Waals surface area (Å²) in [5, 5.41) is 10.7. The van der Waals surface area contributed by atoms with Gasteiger partial charge in [-0.25, -0.2) is 0 Å². The van der Waals surface area contributed by atoms with E-state index in [1.807, 2.05) is 13.1 Å². The van der Waals surface area contributed by atoms with E-state index in [4.69, 9.17) is 5.73 Å². The maximum absolute atomic E-state index is 11.9. The first-order valence-electron chi connectivity index (χ1n) is 5.12. The SMILES string of the molecule is Cn1nccc1CNC(=O)c1c(N)cnn1C. The van der Waals surface area contributed by atoms with Crippen LogP contribution < -0.4 is 11.1 Å². The molecule has 2 aromatic rings. The largest absolute Gasteiger partial charge is 0.396 e. The van der Waals surface area contributed by atoms with Gasteiger partial charge in [-0.2, -0.15) is 10.2 Å². The molecule has 0 unspecified atom stereocenters. The Morgan fingerprint density at radius 2 is 2.18 bits per heavy atom.